The Morgan fingerprint density at radius 1 is 1.33 bits per heavy atom. The van der Waals surface area contributed by atoms with Crippen LogP contribution in [-0.2, 0) is 0 Å². The second kappa shape index (κ2) is 4.33. The molecule has 1 fully saturated rings. The molecule has 0 aromatic carbocycles. The van der Waals surface area contributed by atoms with Gasteiger partial charge in [0.15, 0.2) is 5.82 Å². The van der Waals surface area contributed by atoms with Gasteiger partial charge in [0.25, 0.3) is 5.91 Å². The zero-order valence-electron chi connectivity index (χ0n) is 8.61. The number of amides is 1. The van der Waals surface area contributed by atoms with Crippen molar-refractivity contribution >= 4 is 11.7 Å². The van der Waals surface area contributed by atoms with Crippen LogP contribution in [-0.4, -0.2) is 29.1 Å². The van der Waals surface area contributed by atoms with Crippen LogP contribution in [0.3, 0.4) is 0 Å². The molecule has 1 aromatic rings. The van der Waals surface area contributed by atoms with Gasteiger partial charge in [-0.25, -0.2) is 0 Å². The molecule has 1 aliphatic rings. The Morgan fingerprint density at radius 2 is 2.00 bits per heavy atom. The maximum atomic E-state index is 11.9. The average Bonchev–Trinajstić information content (AvgIpc) is 2.53. The molecular weight excluding hydrogens is 194 g/mol. The van der Waals surface area contributed by atoms with Crippen LogP contribution < -0.4 is 5.73 Å². The Morgan fingerprint density at radius 3 is 2.53 bits per heavy atom. The molecule has 0 atom stereocenters. The monoisotopic (exact) mass is 209 g/mol. The van der Waals surface area contributed by atoms with Gasteiger partial charge in [-0.15, -0.1) is 0 Å². The van der Waals surface area contributed by atoms with Crippen LogP contribution in [0.5, 0.6) is 0 Å². The zero-order chi connectivity index (χ0) is 10.7. The Kier molecular flexibility index (Phi) is 2.89. The molecule has 0 unspecified atom stereocenters. The maximum Gasteiger partial charge on any atom is 0.292 e. The van der Waals surface area contributed by atoms with Crippen LogP contribution in [0.2, 0.25) is 0 Å². The molecule has 5 heteroatoms. The fraction of sp³-hybridized carbons (Fsp3) is 0.600. The Hall–Kier alpha value is -1.52. The van der Waals surface area contributed by atoms with Crippen molar-refractivity contribution in [2.75, 3.05) is 18.8 Å². The number of aromatic nitrogens is 1. The fourth-order valence-electron chi connectivity index (χ4n) is 1.82. The SMILES string of the molecule is Nc1cc(C(=O)N2CCCCCC2)on1. The van der Waals surface area contributed by atoms with Crippen molar-refractivity contribution in [2.24, 2.45) is 0 Å². The van der Waals surface area contributed by atoms with E-state index in [0.717, 1.165) is 25.9 Å². The first-order chi connectivity index (χ1) is 7.27. The van der Waals surface area contributed by atoms with Crippen LogP contribution in [0.1, 0.15) is 36.2 Å². The summed E-state index contributed by atoms with van der Waals surface area (Å²) in [6, 6.07) is 1.48. The number of anilines is 1. The number of nitrogens with two attached hydrogens (primary N) is 1. The summed E-state index contributed by atoms with van der Waals surface area (Å²) in [6.07, 6.45) is 4.52. The first-order valence-electron chi connectivity index (χ1n) is 5.29. The van der Waals surface area contributed by atoms with Crippen LogP contribution in [0.25, 0.3) is 0 Å². The van der Waals surface area contributed by atoms with Crippen LogP contribution in [0, 0.1) is 0 Å². The summed E-state index contributed by atoms with van der Waals surface area (Å²) in [4.78, 5) is 13.7. The molecule has 0 bridgehead atoms. The smallest absolute Gasteiger partial charge is 0.292 e. The number of nitrogen functional groups attached to an aromatic ring is 1. The van der Waals surface area contributed by atoms with E-state index in [-0.39, 0.29) is 17.5 Å². The molecule has 0 saturated carbocycles. The third-order valence-corrected chi connectivity index (χ3v) is 2.63. The molecule has 0 aliphatic carbocycles. The van der Waals surface area contributed by atoms with Gasteiger partial charge in [0, 0.05) is 19.2 Å². The van der Waals surface area contributed by atoms with Crippen molar-refractivity contribution in [3.05, 3.63) is 11.8 Å². The highest BCUT2D eigenvalue weighted by molar-refractivity contribution is 5.92. The third-order valence-electron chi connectivity index (χ3n) is 2.63. The van der Waals surface area contributed by atoms with Gasteiger partial charge in [-0.3, -0.25) is 4.79 Å². The lowest BCUT2D eigenvalue weighted by molar-refractivity contribution is 0.0720. The molecule has 2 rings (SSSR count). The maximum absolute atomic E-state index is 11.9. The lowest BCUT2D eigenvalue weighted by atomic mass is 10.2. The molecule has 0 radical (unpaired) electrons. The number of carbonyl (C=O) groups is 1. The lowest BCUT2D eigenvalue weighted by Gasteiger charge is -2.17. The fourth-order valence-corrected chi connectivity index (χ4v) is 1.82. The van der Waals surface area contributed by atoms with Crippen molar-refractivity contribution < 1.29 is 9.32 Å². The molecule has 1 amide bonds. The number of nitrogens with zero attached hydrogens (tertiary/aromatic N) is 2. The summed E-state index contributed by atoms with van der Waals surface area (Å²) in [5, 5.41) is 3.51. The number of hydrogen-bond acceptors (Lipinski definition) is 4. The van der Waals surface area contributed by atoms with E-state index in [2.05, 4.69) is 5.16 Å². The average molecular weight is 209 g/mol. The number of rotatable bonds is 1. The van der Waals surface area contributed by atoms with Crippen molar-refractivity contribution in [3.63, 3.8) is 0 Å². The zero-order valence-corrected chi connectivity index (χ0v) is 8.61. The summed E-state index contributed by atoms with van der Waals surface area (Å²) in [6.45, 7) is 1.61. The van der Waals surface area contributed by atoms with Gasteiger partial charge in [0.05, 0.1) is 0 Å². The van der Waals surface area contributed by atoms with E-state index in [0.29, 0.717) is 0 Å². The van der Waals surface area contributed by atoms with Gasteiger partial charge < -0.3 is 15.2 Å². The number of likely N-dealkylation sites (tertiary alicyclic amines) is 1. The minimum absolute atomic E-state index is 0.0962. The summed E-state index contributed by atoms with van der Waals surface area (Å²) in [7, 11) is 0. The van der Waals surface area contributed by atoms with E-state index < -0.39 is 0 Å². The van der Waals surface area contributed by atoms with Crippen molar-refractivity contribution in [1.29, 1.82) is 0 Å². The van der Waals surface area contributed by atoms with Crippen molar-refractivity contribution in [3.8, 4) is 0 Å². The van der Waals surface area contributed by atoms with Gasteiger partial charge in [0.2, 0.25) is 5.76 Å². The highest BCUT2D eigenvalue weighted by Gasteiger charge is 2.20. The lowest BCUT2D eigenvalue weighted by Crippen LogP contribution is -2.31. The van der Waals surface area contributed by atoms with Crippen LogP contribution >= 0.6 is 0 Å². The molecule has 2 heterocycles. The van der Waals surface area contributed by atoms with Gasteiger partial charge >= 0.3 is 0 Å². The van der Waals surface area contributed by atoms with E-state index >= 15 is 0 Å². The highest BCUT2D eigenvalue weighted by Crippen LogP contribution is 2.14. The number of hydrogen-bond donors (Lipinski definition) is 1. The van der Waals surface area contributed by atoms with Gasteiger partial charge in [-0.2, -0.15) is 0 Å². The molecule has 15 heavy (non-hydrogen) atoms. The van der Waals surface area contributed by atoms with Gasteiger partial charge in [-0.05, 0) is 12.8 Å². The first-order valence-corrected chi connectivity index (χ1v) is 5.29. The first kappa shape index (κ1) is 10.0. The van der Waals surface area contributed by atoms with E-state index in [1.54, 1.807) is 0 Å². The summed E-state index contributed by atoms with van der Waals surface area (Å²) < 4.78 is 4.85. The minimum atomic E-state index is -0.0962. The largest absolute Gasteiger partial charge is 0.381 e. The van der Waals surface area contributed by atoms with Crippen molar-refractivity contribution in [1.82, 2.24) is 10.1 Å². The third kappa shape index (κ3) is 2.29. The molecule has 1 saturated heterocycles. The van der Waals surface area contributed by atoms with Crippen molar-refractivity contribution in [2.45, 2.75) is 25.7 Å². The molecule has 82 valence electrons. The van der Waals surface area contributed by atoms with E-state index in [4.69, 9.17) is 10.3 Å². The van der Waals surface area contributed by atoms with Crippen LogP contribution in [0.4, 0.5) is 5.82 Å². The Labute approximate surface area is 88.2 Å². The molecule has 2 N–H and O–H groups in total. The quantitative estimate of drug-likeness (QED) is 0.756. The molecule has 1 aliphatic heterocycles. The predicted octanol–water partition coefficient (Wildman–Crippen LogP) is 1.27. The summed E-state index contributed by atoms with van der Waals surface area (Å²) in [5.74, 6) is 0.406. The predicted molar refractivity (Wildman–Crippen MR) is 55.3 cm³/mol. The van der Waals surface area contributed by atoms with Gasteiger partial charge in [0.1, 0.15) is 0 Å². The summed E-state index contributed by atoms with van der Waals surface area (Å²) in [5.41, 5.74) is 5.40. The molecule has 1 aromatic heterocycles. The molecule has 5 nitrogen and oxygen atoms in total. The minimum Gasteiger partial charge on any atom is -0.381 e. The second-order valence-electron chi connectivity index (χ2n) is 3.82. The van der Waals surface area contributed by atoms with E-state index in [1.807, 2.05) is 4.90 Å². The Balaban J connectivity index is 2.06. The standard InChI is InChI=1S/C10H15N3O2/c11-9-7-8(15-12-9)10(14)13-5-3-1-2-4-6-13/h7H,1-6H2,(H2,11,12). The normalized spacial score (nSPS) is 17.5. The molecule has 0 spiro atoms. The number of carbonyl (C=O) groups excluding carboxylic acids is 1. The van der Waals surface area contributed by atoms with Crippen LogP contribution in [0.15, 0.2) is 10.6 Å². The van der Waals surface area contributed by atoms with E-state index in [1.165, 1.54) is 18.9 Å². The molecular formula is C10H15N3O2. The van der Waals surface area contributed by atoms with E-state index in [9.17, 15) is 4.79 Å². The van der Waals surface area contributed by atoms with Gasteiger partial charge in [-0.1, -0.05) is 18.0 Å². The highest BCUT2D eigenvalue weighted by atomic mass is 16.5. The second-order valence-corrected chi connectivity index (χ2v) is 3.82. The topological polar surface area (TPSA) is 72.4 Å². The Bertz CT molecular complexity index is 340. The summed E-state index contributed by atoms with van der Waals surface area (Å²) >= 11 is 0.